The van der Waals surface area contributed by atoms with Gasteiger partial charge in [-0.3, -0.25) is 0 Å². The number of halogens is 2. The van der Waals surface area contributed by atoms with Crippen LogP contribution in [-0.4, -0.2) is 16.8 Å². The topological polar surface area (TPSA) is 58.6 Å². The molecule has 0 aliphatic heterocycles. The molecule has 0 bridgehead atoms. The summed E-state index contributed by atoms with van der Waals surface area (Å²) in [5.41, 5.74) is 5.29. The molecule has 94 valence electrons. The van der Waals surface area contributed by atoms with Gasteiger partial charge in [-0.25, -0.2) is 8.78 Å². The van der Waals surface area contributed by atoms with E-state index in [9.17, 15) is 8.78 Å². The van der Waals surface area contributed by atoms with E-state index in [1.807, 2.05) is 13.8 Å². The Hall–Kier alpha value is -1.30. The van der Waals surface area contributed by atoms with Crippen LogP contribution in [0.15, 0.2) is 22.2 Å². The Labute approximate surface area is 103 Å². The standard InChI is InChI=1S/C11H14F2N2OS/c1-6(2)5-17-10-8(12)3-7(4-9(10)13)11(14)15-16/h3-4,6,16H,5H2,1-2H3,(H2,14,15). The van der Waals surface area contributed by atoms with E-state index in [4.69, 9.17) is 10.9 Å². The van der Waals surface area contributed by atoms with Crippen LogP contribution in [-0.2, 0) is 0 Å². The Bertz CT molecular complexity index is 412. The van der Waals surface area contributed by atoms with Gasteiger partial charge in [0.05, 0.1) is 4.90 Å². The monoisotopic (exact) mass is 260 g/mol. The third kappa shape index (κ3) is 3.59. The van der Waals surface area contributed by atoms with Crippen molar-refractivity contribution in [2.45, 2.75) is 18.7 Å². The number of hydrogen-bond acceptors (Lipinski definition) is 3. The zero-order valence-electron chi connectivity index (χ0n) is 9.58. The van der Waals surface area contributed by atoms with Gasteiger partial charge in [-0.15, -0.1) is 11.8 Å². The number of thioether (sulfide) groups is 1. The van der Waals surface area contributed by atoms with Crippen LogP contribution in [0.2, 0.25) is 0 Å². The summed E-state index contributed by atoms with van der Waals surface area (Å²) in [6, 6.07) is 2.11. The Morgan fingerprint density at radius 3 is 2.35 bits per heavy atom. The van der Waals surface area contributed by atoms with Crippen LogP contribution in [0.4, 0.5) is 8.78 Å². The first-order valence-electron chi connectivity index (χ1n) is 5.05. The molecule has 1 aromatic carbocycles. The van der Waals surface area contributed by atoms with Gasteiger partial charge in [-0.2, -0.15) is 0 Å². The SMILES string of the molecule is CC(C)CSc1c(F)cc(C(N)=NO)cc1F. The first-order valence-corrected chi connectivity index (χ1v) is 6.04. The van der Waals surface area contributed by atoms with Crippen LogP contribution in [0.25, 0.3) is 0 Å². The van der Waals surface area contributed by atoms with Gasteiger partial charge in [0, 0.05) is 11.3 Å². The summed E-state index contributed by atoms with van der Waals surface area (Å²) in [4.78, 5) is -0.0341. The van der Waals surface area contributed by atoms with Gasteiger partial charge in [-0.1, -0.05) is 19.0 Å². The van der Waals surface area contributed by atoms with Crippen molar-refractivity contribution in [3.05, 3.63) is 29.3 Å². The van der Waals surface area contributed by atoms with Gasteiger partial charge in [0.25, 0.3) is 0 Å². The molecule has 0 saturated heterocycles. The molecule has 1 aromatic rings. The highest BCUT2D eigenvalue weighted by molar-refractivity contribution is 7.99. The van der Waals surface area contributed by atoms with Gasteiger partial charge in [0.15, 0.2) is 5.84 Å². The highest BCUT2D eigenvalue weighted by Crippen LogP contribution is 2.27. The molecule has 0 amide bonds. The molecule has 3 nitrogen and oxygen atoms in total. The molecule has 0 unspecified atom stereocenters. The van der Waals surface area contributed by atoms with E-state index in [1.54, 1.807) is 0 Å². The third-order valence-electron chi connectivity index (χ3n) is 1.96. The summed E-state index contributed by atoms with van der Waals surface area (Å²) >= 11 is 1.12. The first-order chi connectivity index (χ1) is 7.95. The van der Waals surface area contributed by atoms with Crippen molar-refractivity contribution in [3.63, 3.8) is 0 Å². The second kappa shape index (κ2) is 5.86. The average Bonchev–Trinajstić information content (AvgIpc) is 2.26. The normalized spacial score (nSPS) is 12.2. The van der Waals surface area contributed by atoms with Crippen LogP contribution in [0.3, 0.4) is 0 Å². The average molecular weight is 260 g/mol. The third-order valence-corrected chi connectivity index (χ3v) is 3.47. The van der Waals surface area contributed by atoms with Crippen LogP contribution >= 0.6 is 11.8 Å². The highest BCUT2D eigenvalue weighted by Gasteiger charge is 2.14. The van der Waals surface area contributed by atoms with E-state index in [2.05, 4.69) is 5.16 Å². The number of nitrogens with zero attached hydrogens (tertiary/aromatic N) is 1. The van der Waals surface area contributed by atoms with Crippen molar-refractivity contribution < 1.29 is 14.0 Å². The number of benzene rings is 1. The predicted molar refractivity (Wildman–Crippen MR) is 64.4 cm³/mol. The minimum Gasteiger partial charge on any atom is -0.409 e. The number of hydrogen-bond donors (Lipinski definition) is 2. The fourth-order valence-electron chi connectivity index (χ4n) is 1.15. The molecule has 0 heterocycles. The van der Waals surface area contributed by atoms with Crippen molar-refractivity contribution in [3.8, 4) is 0 Å². The first kappa shape index (κ1) is 13.8. The van der Waals surface area contributed by atoms with Crippen LogP contribution in [0, 0.1) is 17.6 Å². The van der Waals surface area contributed by atoms with E-state index in [0.29, 0.717) is 11.7 Å². The Kier molecular flexibility index (Phi) is 4.74. The number of oxime groups is 1. The Balaban J connectivity index is 3.02. The van der Waals surface area contributed by atoms with Crippen molar-refractivity contribution in [1.29, 1.82) is 0 Å². The lowest BCUT2D eigenvalue weighted by Crippen LogP contribution is -2.14. The smallest absolute Gasteiger partial charge is 0.170 e. The molecule has 3 N–H and O–H groups in total. The molecule has 6 heteroatoms. The van der Waals surface area contributed by atoms with Crippen LogP contribution < -0.4 is 5.73 Å². The van der Waals surface area contributed by atoms with E-state index in [0.717, 1.165) is 23.9 Å². The summed E-state index contributed by atoms with van der Waals surface area (Å²) in [6.07, 6.45) is 0. The molecule has 1 rings (SSSR count). The van der Waals surface area contributed by atoms with Gasteiger partial charge < -0.3 is 10.9 Å². The second-order valence-electron chi connectivity index (χ2n) is 3.96. The lowest BCUT2D eigenvalue weighted by Gasteiger charge is -2.08. The summed E-state index contributed by atoms with van der Waals surface area (Å²) in [5, 5.41) is 11.1. The summed E-state index contributed by atoms with van der Waals surface area (Å²) < 4.78 is 27.2. The number of nitrogens with two attached hydrogens (primary N) is 1. The lowest BCUT2D eigenvalue weighted by molar-refractivity contribution is 0.318. The molecular formula is C11H14F2N2OS. The quantitative estimate of drug-likeness (QED) is 0.288. The highest BCUT2D eigenvalue weighted by atomic mass is 32.2. The molecule has 0 fully saturated rings. The van der Waals surface area contributed by atoms with Crippen LogP contribution in [0.5, 0.6) is 0 Å². The molecule has 0 saturated carbocycles. The molecule has 0 spiro atoms. The summed E-state index contributed by atoms with van der Waals surface area (Å²) in [7, 11) is 0. The molecule has 0 radical (unpaired) electrons. The molecule has 17 heavy (non-hydrogen) atoms. The predicted octanol–water partition coefficient (Wildman–Crippen LogP) is 2.81. The maximum atomic E-state index is 13.6. The molecule has 0 aromatic heterocycles. The van der Waals surface area contributed by atoms with Gasteiger partial charge in [-0.05, 0) is 18.1 Å². The zero-order valence-corrected chi connectivity index (χ0v) is 10.4. The number of amidine groups is 1. The fourth-order valence-corrected chi connectivity index (χ4v) is 2.05. The van der Waals surface area contributed by atoms with Gasteiger partial charge in [0.2, 0.25) is 0 Å². The van der Waals surface area contributed by atoms with Crippen molar-refractivity contribution in [2.75, 3.05) is 5.75 Å². The van der Waals surface area contributed by atoms with E-state index in [-0.39, 0.29) is 16.3 Å². The summed E-state index contributed by atoms with van der Waals surface area (Å²) in [5.74, 6) is -0.753. The van der Waals surface area contributed by atoms with Crippen LogP contribution in [0.1, 0.15) is 19.4 Å². The summed E-state index contributed by atoms with van der Waals surface area (Å²) in [6.45, 7) is 3.93. The Morgan fingerprint density at radius 2 is 1.94 bits per heavy atom. The Morgan fingerprint density at radius 1 is 1.41 bits per heavy atom. The van der Waals surface area contributed by atoms with E-state index < -0.39 is 11.6 Å². The molecular weight excluding hydrogens is 246 g/mol. The minimum absolute atomic E-state index is 0.0244. The fraction of sp³-hybridized carbons (Fsp3) is 0.364. The number of rotatable bonds is 4. The molecule has 0 atom stereocenters. The van der Waals surface area contributed by atoms with E-state index in [1.165, 1.54) is 0 Å². The maximum Gasteiger partial charge on any atom is 0.170 e. The van der Waals surface area contributed by atoms with Crippen molar-refractivity contribution >= 4 is 17.6 Å². The minimum atomic E-state index is -0.697. The van der Waals surface area contributed by atoms with E-state index >= 15 is 0 Å². The van der Waals surface area contributed by atoms with Gasteiger partial charge >= 0.3 is 0 Å². The lowest BCUT2D eigenvalue weighted by atomic mass is 10.2. The van der Waals surface area contributed by atoms with Crippen molar-refractivity contribution in [1.82, 2.24) is 0 Å². The zero-order chi connectivity index (χ0) is 13.0. The molecule has 0 aliphatic rings. The van der Waals surface area contributed by atoms with Crippen molar-refractivity contribution in [2.24, 2.45) is 16.8 Å². The molecule has 0 aliphatic carbocycles. The second-order valence-corrected chi connectivity index (χ2v) is 4.99. The van der Waals surface area contributed by atoms with Gasteiger partial charge in [0.1, 0.15) is 11.6 Å². The largest absolute Gasteiger partial charge is 0.409 e. The maximum absolute atomic E-state index is 13.6.